The van der Waals surface area contributed by atoms with Crippen molar-refractivity contribution in [3.63, 3.8) is 0 Å². The van der Waals surface area contributed by atoms with Gasteiger partial charge in [0.15, 0.2) is 0 Å². The van der Waals surface area contributed by atoms with E-state index in [1.165, 1.54) is 12.5 Å². The van der Waals surface area contributed by atoms with Gasteiger partial charge in [0.05, 0.1) is 6.33 Å². The predicted molar refractivity (Wildman–Crippen MR) is 74.4 cm³/mol. The van der Waals surface area contributed by atoms with Crippen LogP contribution in [0.3, 0.4) is 0 Å². The quantitative estimate of drug-likeness (QED) is 0.604. The van der Waals surface area contributed by atoms with Crippen LogP contribution in [0.15, 0.2) is 12.5 Å². The highest BCUT2D eigenvalue weighted by Gasteiger charge is 2.24. The lowest BCUT2D eigenvalue weighted by molar-refractivity contribution is -0.139. The van der Waals surface area contributed by atoms with Gasteiger partial charge in [-0.15, -0.1) is 0 Å². The standard InChI is InChI=1S/C13H22N4O3/c1-4-5-13(2,3)17-12(20)16-10(11(18)19)6-9-7-14-8-15-9/h7-8,10H,4-6H2,1-3H3,(H,14,15)(H,18,19)(H2,16,17,20)/t10-/m0/s1. The summed E-state index contributed by atoms with van der Waals surface area (Å²) in [6.07, 6.45) is 4.93. The fraction of sp³-hybridized carbons (Fsp3) is 0.615. The number of nitrogens with one attached hydrogen (secondary N) is 3. The Hall–Kier alpha value is -2.05. The van der Waals surface area contributed by atoms with Gasteiger partial charge in [-0.1, -0.05) is 13.3 Å². The van der Waals surface area contributed by atoms with E-state index in [0.717, 1.165) is 12.8 Å². The van der Waals surface area contributed by atoms with E-state index in [0.29, 0.717) is 5.69 Å². The largest absolute Gasteiger partial charge is 0.480 e. The normalized spacial score (nSPS) is 12.8. The van der Waals surface area contributed by atoms with E-state index in [2.05, 4.69) is 20.6 Å². The van der Waals surface area contributed by atoms with Crippen molar-refractivity contribution in [3.8, 4) is 0 Å². The summed E-state index contributed by atoms with van der Waals surface area (Å²) < 4.78 is 0. The molecule has 0 unspecified atom stereocenters. The molecule has 0 aliphatic rings. The van der Waals surface area contributed by atoms with Crippen molar-refractivity contribution < 1.29 is 14.7 Å². The molecule has 0 aliphatic heterocycles. The molecule has 0 fully saturated rings. The number of imidazole rings is 1. The molecule has 1 atom stereocenters. The van der Waals surface area contributed by atoms with Crippen LogP contribution in [0.2, 0.25) is 0 Å². The van der Waals surface area contributed by atoms with Gasteiger partial charge >= 0.3 is 12.0 Å². The number of amides is 2. The fourth-order valence-corrected chi connectivity index (χ4v) is 2.01. The van der Waals surface area contributed by atoms with Crippen LogP contribution in [0.1, 0.15) is 39.3 Å². The van der Waals surface area contributed by atoms with Crippen molar-refractivity contribution in [2.75, 3.05) is 0 Å². The summed E-state index contributed by atoms with van der Waals surface area (Å²) in [5, 5.41) is 14.4. The van der Waals surface area contributed by atoms with Crippen LogP contribution >= 0.6 is 0 Å². The van der Waals surface area contributed by atoms with Crippen LogP contribution < -0.4 is 10.6 Å². The Balaban J connectivity index is 2.57. The van der Waals surface area contributed by atoms with Crippen LogP contribution in [-0.2, 0) is 11.2 Å². The van der Waals surface area contributed by atoms with E-state index in [1.54, 1.807) is 0 Å². The molecule has 0 aliphatic carbocycles. The zero-order valence-corrected chi connectivity index (χ0v) is 12.1. The highest BCUT2D eigenvalue weighted by molar-refractivity contribution is 5.83. The molecule has 2 amide bonds. The molecule has 1 aromatic heterocycles. The van der Waals surface area contributed by atoms with E-state index in [1.807, 2.05) is 20.8 Å². The molecule has 0 saturated heterocycles. The number of carbonyl (C=O) groups is 2. The van der Waals surface area contributed by atoms with E-state index >= 15 is 0 Å². The molecule has 0 aromatic carbocycles. The number of aliphatic carboxylic acids is 1. The number of carbonyl (C=O) groups excluding carboxylic acids is 1. The van der Waals surface area contributed by atoms with Gasteiger partial charge in [-0.2, -0.15) is 0 Å². The predicted octanol–water partition coefficient (Wildman–Crippen LogP) is 1.28. The summed E-state index contributed by atoms with van der Waals surface area (Å²) in [7, 11) is 0. The van der Waals surface area contributed by atoms with Gasteiger partial charge in [-0.3, -0.25) is 0 Å². The molecule has 0 radical (unpaired) electrons. The van der Waals surface area contributed by atoms with Crippen molar-refractivity contribution in [1.82, 2.24) is 20.6 Å². The molecule has 7 heteroatoms. The number of hydrogen-bond acceptors (Lipinski definition) is 3. The first kappa shape index (κ1) is 16.0. The SMILES string of the molecule is CCCC(C)(C)NC(=O)N[C@@H](Cc1cnc[nH]1)C(=O)O. The van der Waals surface area contributed by atoms with Crippen molar-refractivity contribution >= 4 is 12.0 Å². The first-order valence-corrected chi connectivity index (χ1v) is 6.63. The highest BCUT2D eigenvalue weighted by Crippen LogP contribution is 2.10. The summed E-state index contributed by atoms with van der Waals surface area (Å²) in [6, 6.07) is -1.47. The number of hydrogen-bond donors (Lipinski definition) is 4. The molecule has 7 nitrogen and oxygen atoms in total. The number of aromatic nitrogens is 2. The topological polar surface area (TPSA) is 107 Å². The van der Waals surface area contributed by atoms with Gasteiger partial charge in [-0.25, -0.2) is 14.6 Å². The monoisotopic (exact) mass is 282 g/mol. The third kappa shape index (κ3) is 5.29. The third-order valence-electron chi connectivity index (χ3n) is 2.91. The lowest BCUT2D eigenvalue weighted by atomic mass is 9.99. The number of urea groups is 1. The Bertz CT molecular complexity index is 442. The third-order valence-corrected chi connectivity index (χ3v) is 2.91. The molecule has 0 spiro atoms. The first-order chi connectivity index (χ1) is 9.34. The second-order valence-electron chi connectivity index (χ2n) is 5.40. The van der Waals surface area contributed by atoms with Gasteiger partial charge in [0, 0.05) is 23.9 Å². The molecule has 0 saturated carbocycles. The second-order valence-corrected chi connectivity index (χ2v) is 5.40. The van der Waals surface area contributed by atoms with E-state index in [-0.39, 0.29) is 12.0 Å². The summed E-state index contributed by atoms with van der Waals surface area (Å²) >= 11 is 0. The molecule has 112 valence electrons. The molecular weight excluding hydrogens is 260 g/mol. The highest BCUT2D eigenvalue weighted by atomic mass is 16.4. The molecule has 1 aromatic rings. The zero-order valence-electron chi connectivity index (χ0n) is 12.1. The number of carboxylic acid groups (broad SMARTS) is 1. The smallest absolute Gasteiger partial charge is 0.326 e. The van der Waals surface area contributed by atoms with Crippen molar-refractivity contribution in [2.24, 2.45) is 0 Å². The van der Waals surface area contributed by atoms with Gasteiger partial charge in [-0.05, 0) is 20.3 Å². The number of aromatic amines is 1. The molecular formula is C13H22N4O3. The average molecular weight is 282 g/mol. The average Bonchev–Trinajstić information content (AvgIpc) is 2.79. The second kappa shape index (κ2) is 6.93. The Kier molecular flexibility index (Phi) is 5.54. The Labute approximate surface area is 118 Å². The summed E-state index contributed by atoms with van der Waals surface area (Å²) in [4.78, 5) is 29.7. The number of H-pyrrole nitrogens is 1. The van der Waals surface area contributed by atoms with E-state index in [4.69, 9.17) is 5.11 Å². The van der Waals surface area contributed by atoms with Crippen molar-refractivity contribution in [2.45, 2.75) is 51.6 Å². The Morgan fingerprint density at radius 3 is 2.70 bits per heavy atom. The maximum atomic E-state index is 11.9. The molecule has 1 heterocycles. The summed E-state index contributed by atoms with van der Waals surface area (Å²) in [5.74, 6) is -1.08. The Morgan fingerprint density at radius 2 is 2.20 bits per heavy atom. The lowest BCUT2D eigenvalue weighted by Gasteiger charge is -2.26. The van der Waals surface area contributed by atoms with Gasteiger partial charge in [0.1, 0.15) is 6.04 Å². The van der Waals surface area contributed by atoms with Gasteiger partial charge in [0.2, 0.25) is 0 Å². The summed E-state index contributed by atoms with van der Waals surface area (Å²) in [6.45, 7) is 5.83. The van der Waals surface area contributed by atoms with Crippen LogP contribution in [0.5, 0.6) is 0 Å². The maximum Gasteiger partial charge on any atom is 0.326 e. The molecule has 20 heavy (non-hydrogen) atoms. The minimum atomic E-state index is -1.08. The summed E-state index contributed by atoms with van der Waals surface area (Å²) in [5.41, 5.74) is 0.293. The zero-order chi connectivity index (χ0) is 15.2. The molecule has 1 rings (SSSR count). The minimum absolute atomic E-state index is 0.164. The minimum Gasteiger partial charge on any atom is -0.480 e. The van der Waals surface area contributed by atoms with Crippen LogP contribution in [0.4, 0.5) is 4.79 Å². The number of nitrogens with zero attached hydrogens (tertiary/aromatic N) is 1. The molecule has 4 N–H and O–H groups in total. The van der Waals surface area contributed by atoms with Gasteiger partial charge < -0.3 is 20.7 Å². The van der Waals surface area contributed by atoms with Crippen LogP contribution in [-0.4, -0.2) is 38.7 Å². The first-order valence-electron chi connectivity index (χ1n) is 6.63. The van der Waals surface area contributed by atoms with Crippen molar-refractivity contribution in [3.05, 3.63) is 18.2 Å². The maximum absolute atomic E-state index is 11.9. The van der Waals surface area contributed by atoms with Crippen LogP contribution in [0, 0.1) is 0 Å². The Morgan fingerprint density at radius 1 is 1.50 bits per heavy atom. The van der Waals surface area contributed by atoms with Gasteiger partial charge in [0.25, 0.3) is 0 Å². The number of rotatable bonds is 7. The number of carboxylic acids is 1. The molecule has 0 bridgehead atoms. The van der Waals surface area contributed by atoms with E-state index in [9.17, 15) is 9.59 Å². The van der Waals surface area contributed by atoms with Crippen LogP contribution in [0.25, 0.3) is 0 Å². The lowest BCUT2D eigenvalue weighted by Crippen LogP contribution is -2.53. The van der Waals surface area contributed by atoms with E-state index < -0.39 is 18.0 Å². The van der Waals surface area contributed by atoms with Crippen molar-refractivity contribution in [1.29, 1.82) is 0 Å². The fourth-order valence-electron chi connectivity index (χ4n) is 2.01.